The summed E-state index contributed by atoms with van der Waals surface area (Å²) < 4.78 is 5.98. The van der Waals surface area contributed by atoms with Gasteiger partial charge in [-0.15, -0.1) is 24.0 Å². The van der Waals surface area contributed by atoms with Gasteiger partial charge in [-0.1, -0.05) is 6.92 Å². The predicted octanol–water partition coefficient (Wildman–Crippen LogP) is 0.644. The van der Waals surface area contributed by atoms with E-state index in [0.717, 1.165) is 45.2 Å². The molecule has 3 heterocycles. The Balaban J connectivity index is 0.00000225. The maximum Gasteiger partial charge on any atom is 0.222 e. The van der Waals surface area contributed by atoms with E-state index < -0.39 is 0 Å². The number of guanidine groups is 1. The number of halogens is 1. The first-order valence-corrected chi connectivity index (χ1v) is 9.30. The van der Waals surface area contributed by atoms with Crippen molar-refractivity contribution in [2.24, 2.45) is 4.99 Å². The first kappa shape index (κ1) is 20.7. The topological polar surface area (TPSA) is 69.2 Å². The highest BCUT2D eigenvalue weighted by atomic mass is 127. The van der Waals surface area contributed by atoms with Crippen LogP contribution in [0.1, 0.15) is 32.6 Å². The number of hydrogen-bond donors (Lipinski definition) is 2. The van der Waals surface area contributed by atoms with Crippen LogP contribution in [0.3, 0.4) is 0 Å². The lowest BCUT2D eigenvalue weighted by atomic mass is 10.2. The molecule has 0 spiro atoms. The van der Waals surface area contributed by atoms with Gasteiger partial charge in [0.15, 0.2) is 5.96 Å². The lowest BCUT2D eigenvalue weighted by Crippen LogP contribution is -2.52. The Morgan fingerprint density at radius 2 is 2.12 bits per heavy atom. The molecule has 3 fully saturated rings. The van der Waals surface area contributed by atoms with Crippen LogP contribution >= 0.6 is 24.0 Å². The molecule has 0 aromatic rings. The lowest BCUT2D eigenvalue weighted by molar-refractivity contribution is -0.129. The van der Waals surface area contributed by atoms with Crippen LogP contribution in [0.25, 0.3) is 0 Å². The van der Waals surface area contributed by atoms with Crippen LogP contribution in [0.2, 0.25) is 0 Å². The molecule has 3 aliphatic rings. The molecule has 144 valence electrons. The van der Waals surface area contributed by atoms with Gasteiger partial charge in [0, 0.05) is 51.7 Å². The Morgan fingerprint density at radius 1 is 1.28 bits per heavy atom. The third-order valence-corrected chi connectivity index (χ3v) is 5.37. The summed E-state index contributed by atoms with van der Waals surface area (Å²) in [6.07, 6.45) is 4.35. The van der Waals surface area contributed by atoms with Crippen molar-refractivity contribution < 1.29 is 9.53 Å². The number of nitrogens with zero attached hydrogens (tertiary/aromatic N) is 3. The summed E-state index contributed by atoms with van der Waals surface area (Å²) in [6, 6.07) is 0.918. The highest BCUT2D eigenvalue weighted by molar-refractivity contribution is 14.0. The van der Waals surface area contributed by atoms with Crippen molar-refractivity contribution in [1.82, 2.24) is 20.4 Å². The van der Waals surface area contributed by atoms with E-state index in [2.05, 4.69) is 20.5 Å². The number of aliphatic imine (C=N–C) groups is 1. The van der Waals surface area contributed by atoms with E-state index in [9.17, 15) is 4.79 Å². The van der Waals surface area contributed by atoms with Gasteiger partial charge in [0.25, 0.3) is 0 Å². The van der Waals surface area contributed by atoms with Crippen LogP contribution in [0.15, 0.2) is 4.99 Å². The monoisotopic (exact) mass is 465 g/mol. The van der Waals surface area contributed by atoms with Crippen molar-refractivity contribution in [3.05, 3.63) is 0 Å². The van der Waals surface area contributed by atoms with Crippen molar-refractivity contribution in [1.29, 1.82) is 0 Å². The number of ether oxygens (including phenoxy) is 1. The standard InChI is InChI=1S/C17H31N5O2.HI/c1-3-16(23)22-8-6-13(10-22)20-17(18-2)19-9-15-11-21-7-4-5-14(21)12-24-15;/h13-15H,3-12H2,1-2H3,(H2,18,19,20);1H. The normalized spacial score (nSPS) is 29.9. The Hall–Kier alpha value is -0.610. The Bertz CT molecular complexity index is 476. The zero-order valence-corrected chi connectivity index (χ0v) is 17.7. The molecule has 3 atom stereocenters. The number of fused-ring (bicyclic) bond motifs is 1. The highest BCUT2D eigenvalue weighted by Gasteiger charge is 2.32. The van der Waals surface area contributed by atoms with Crippen molar-refractivity contribution in [3.63, 3.8) is 0 Å². The first-order chi connectivity index (χ1) is 11.7. The van der Waals surface area contributed by atoms with Crippen LogP contribution in [0.5, 0.6) is 0 Å². The van der Waals surface area contributed by atoms with Gasteiger partial charge < -0.3 is 20.3 Å². The van der Waals surface area contributed by atoms with Crippen molar-refractivity contribution in [2.75, 3.05) is 46.4 Å². The molecule has 3 rings (SSSR count). The number of nitrogens with one attached hydrogen (secondary N) is 2. The third kappa shape index (κ3) is 5.43. The second-order valence-corrected chi connectivity index (χ2v) is 7.02. The second kappa shape index (κ2) is 9.91. The quantitative estimate of drug-likeness (QED) is 0.363. The molecule has 2 N–H and O–H groups in total. The van der Waals surface area contributed by atoms with Crippen molar-refractivity contribution in [3.8, 4) is 0 Å². The maximum absolute atomic E-state index is 11.8. The zero-order chi connectivity index (χ0) is 16.9. The third-order valence-electron chi connectivity index (χ3n) is 5.37. The van der Waals surface area contributed by atoms with E-state index >= 15 is 0 Å². The molecule has 3 saturated heterocycles. The molecule has 0 aromatic heterocycles. The van der Waals surface area contributed by atoms with Gasteiger partial charge in [-0.25, -0.2) is 0 Å². The van der Waals surface area contributed by atoms with Crippen LogP contribution in [-0.2, 0) is 9.53 Å². The van der Waals surface area contributed by atoms with E-state index in [1.165, 1.54) is 19.4 Å². The minimum Gasteiger partial charge on any atom is -0.373 e. The van der Waals surface area contributed by atoms with Crippen molar-refractivity contribution >= 4 is 35.8 Å². The molecule has 1 amide bonds. The molecule has 3 unspecified atom stereocenters. The van der Waals surface area contributed by atoms with Gasteiger partial charge in [0.05, 0.1) is 12.7 Å². The summed E-state index contributed by atoms with van der Waals surface area (Å²) in [5, 5.41) is 6.82. The molecule has 0 bridgehead atoms. The molecule has 0 aromatic carbocycles. The van der Waals surface area contributed by atoms with E-state index in [-0.39, 0.29) is 42.0 Å². The van der Waals surface area contributed by atoms with E-state index in [0.29, 0.717) is 12.5 Å². The highest BCUT2D eigenvalue weighted by Crippen LogP contribution is 2.22. The van der Waals surface area contributed by atoms with E-state index in [1.54, 1.807) is 7.05 Å². The molecule has 0 aliphatic carbocycles. The number of carbonyl (C=O) groups excluding carboxylic acids is 1. The fraction of sp³-hybridized carbons (Fsp3) is 0.882. The lowest BCUT2D eigenvalue weighted by Gasteiger charge is -2.35. The number of carbonyl (C=O) groups is 1. The molecule has 0 radical (unpaired) electrons. The first-order valence-electron chi connectivity index (χ1n) is 9.30. The maximum atomic E-state index is 11.8. The van der Waals surface area contributed by atoms with Gasteiger partial charge >= 0.3 is 0 Å². The largest absolute Gasteiger partial charge is 0.373 e. The summed E-state index contributed by atoms with van der Waals surface area (Å²) in [4.78, 5) is 20.6. The fourth-order valence-corrected chi connectivity index (χ4v) is 3.94. The number of rotatable bonds is 4. The molecular weight excluding hydrogens is 433 g/mol. The van der Waals surface area contributed by atoms with Gasteiger partial charge in [-0.3, -0.25) is 14.7 Å². The molecule has 0 saturated carbocycles. The number of hydrogen-bond acceptors (Lipinski definition) is 4. The minimum atomic E-state index is 0. The predicted molar refractivity (Wildman–Crippen MR) is 110 cm³/mol. The minimum absolute atomic E-state index is 0. The van der Waals surface area contributed by atoms with Crippen LogP contribution in [0, 0.1) is 0 Å². The van der Waals surface area contributed by atoms with Gasteiger partial charge in [0.2, 0.25) is 5.91 Å². The molecule has 25 heavy (non-hydrogen) atoms. The summed E-state index contributed by atoms with van der Waals surface area (Å²) in [7, 11) is 1.79. The van der Waals surface area contributed by atoms with Gasteiger partial charge in [0.1, 0.15) is 0 Å². The molecular formula is C17H32IN5O2. The smallest absolute Gasteiger partial charge is 0.222 e. The van der Waals surface area contributed by atoms with Crippen LogP contribution in [0.4, 0.5) is 0 Å². The van der Waals surface area contributed by atoms with E-state index in [4.69, 9.17) is 4.74 Å². The van der Waals surface area contributed by atoms with Gasteiger partial charge in [-0.2, -0.15) is 0 Å². The number of likely N-dealkylation sites (tertiary alicyclic amines) is 1. The van der Waals surface area contributed by atoms with Crippen LogP contribution < -0.4 is 10.6 Å². The Kier molecular flexibility index (Phi) is 8.21. The van der Waals surface area contributed by atoms with E-state index in [1.807, 2.05) is 11.8 Å². The molecule has 7 nitrogen and oxygen atoms in total. The second-order valence-electron chi connectivity index (χ2n) is 7.02. The SMILES string of the molecule is CCC(=O)N1CCC(NC(=NC)NCC2CN3CCCC3CO2)C1.I. The summed E-state index contributed by atoms with van der Waals surface area (Å²) in [5.74, 6) is 1.04. The average Bonchev–Trinajstić information content (AvgIpc) is 3.26. The summed E-state index contributed by atoms with van der Waals surface area (Å²) in [5.41, 5.74) is 0. The Labute approximate surface area is 167 Å². The van der Waals surface area contributed by atoms with Crippen molar-refractivity contribution in [2.45, 2.75) is 50.8 Å². The Morgan fingerprint density at radius 3 is 2.88 bits per heavy atom. The summed E-state index contributed by atoms with van der Waals surface area (Å²) in [6.45, 7) is 7.37. The summed E-state index contributed by atoms with van der Waals surface area (Å²) >= 11 is 0. The van der Waals surface area contributed by atoms with Crippen LogP contribution in [-0.4, -0.2) is 86.2 Å². The zero-order valence-electron chi connectivity index (χ0n) is 15.4. The van der Waals surface area contributed by atoms with Gasteiger partial charge in [-0.05, 0) is 25.8 Å². The average molecular weight is 465 g/mol. The number of amides is 1. The molecule has 3 aliphatic heterocycles. The molecule has 8 heteroatoms. The number of morpholine rings is 1. The fourth-order valence-electron chi connectivity index (χ4n) is 3.94.